The number of aldehydes is 1. The number of pyridine rings is 3. The van der Waals surface area contributed by atoms with Gasteiger partial charge in [0.15, 0.2) is 23.6 Å². The van der Waals surface area contributed by atoms with Crippen molar-refractivity contribution >= 4 is 23.3 Å². The molecule has 0 unspecified atom stereocenters. The summed E-state index contributed by atoms with van der Waals surface area (Å²) in [4.78, 5) is 27.2. The first-order valence-corrected chi connectivity index (χ1v) is 14.0. The summed E-state index contributed by atoms with van der Waals surface area (Å²) in [6, 6.07) is 17.3. The Morgan fingerprint density at radius 3 is 2.48 bits per heavy atom. The summed E-state index contributed by atoms with van der Waals surface area (Å²) in [6.07, 6.45) is 5.37. The van der Waals surface area contributed by atoms with Crippen LogP contribution in [0.3, 0.4) is 0 Å². The van der Waals surface area contributed by atoms with E-state index in [1.165, 1.54) is 41.2 Å². The number of nitrogens with two attached hydrogens (primary N) is 2. The standard InChI is InChI=1S/C24H17FN8.C7H5F2NO.CH5N/c25-19-8-10-32(31-19)20-12-16(13-26)21-24(29-20)33(17-7-6-14-3-1-4-15(14)11-17)23(30-21)18-5-2-9-28-22(18)27;8-7(9)6-2-1-5(4-11)3-10-6;1-2/h2,5-12H,1,3-4H2,(H2,27,28);1-4,7H;2H2,1H3. The number of carbonyl (C=O) groups is 1. The van der Waals surface area contributed by atoms with E-state index in [2.05, 4.69) is 39.0 Å². The molecule has 232 valence electrons. The topological polar surface area (TPSA) is 167 Å². The molecule has 6 aromatic rings. The summed E-state index contributed by atoms with van der Waals surface area (Å²) in [5.74, 6) is 0.534. The number of aromatic nitrogens is 7. The molecule has 7 rings (SSSR count). The van der Waals surface area contributed by atoms with Gasteiger partial charge in [0.25, 0.3) is 6.43 Å². The van der Waals surface area contributed by atoms with Crippen molar-refractivity contribution in [1.82, 2.24) is 34.3 Å². The first-order valence-electron chi connectivity index (χ1n) is 14.0. The highest BCUT2D eigenvalue weighted by atomic mass is 19.3. The third kappa shape index (κ3) is 6.30. The minimum atomic E-state index is -2.57. The minimum absolute atomic E-state index is 0.300. The quantitative estimate of drug-likeness (QED) is 0.246. The zero-order valence-electron chi connectivity index (χ0n) is 24.5. The second-order valence-corrected chi connectivity index (χ2v) is 9.84. The lowest BCUT2D eigenvalue weighted by atomic mass is 10.1. The van der Waals surface area contributed by atoms with E-state index in [9.17, 15) is 23.2 Å². The van der Waals surface area contributed by atoms with Crippen LogP contribution in [0, 0.1) is 17.3 Å². The molecule has 0 bridgehead atoms. The molecule has 0 saturated heterocycles. The Bertz CT molecular complexity index is 2050. The lowest BCUT2D eigenvalue weighted by molar-refractivity contribution is 0.112. The Morgan fingerprint density at radius 2 is 1.83 bits per heavy atom. The summed E-state index contributed by atoms with van der Waals surface area (Å²) in [6.45, 7) is 0. The van der Waals surface area contributed by atoms with Crippen LogP contribution in [-0.2, 0) is 12.8 Å². The Hall–Kier alpha value is -5.94. The highest BCUT2D eigenvalue weighted by molar-refractivity contribution is 5.87. The highest BCUT2D eigenvalue weighted by Gasteiger charge is 2.23. The largest absolute Gasteiger partial charge is 0.383 e. The molecule has 0 atom stereocenters. The second-order valence-electron chi connectivity index (χ2n) is 9.84. The third-order valence-electron chi connectivity index (χ3n) is 7.10. The lowest BCUT2D eigenvalue weighted by Gasteiger charge is -2.12. The van der Waals surface area contributed by atoms with Gasteiger partial charge >= 0.3 is 0 Å². The van der Waals surface area contributed by atoms with E-state index < -0.39 is 12.4 Å². The molecule has 11 nitrogen and oxygen atoms in total. The molecule has 5 heterocycles. The van der Waals surface area contributed by atoms with E-state index in [-0.39, 0.29) is 5.69 Å². The molecular formula is C32H27F3N10O. The van der Waals surface area contributed by atoms with Crippen LogP contribution in [0.4, 0.5) is 19.0 Å². The number of carbonyl (C=O) groups excluding carboxylic acids is 1. The maximum Gasteiger partial charge on any atom is 0.280 e. The number of fused-ring (bicyclic) bond motifs is 2. The van der Waals surface area contributed by atoms with Gasteiger partial charge in [-0.25, -0.2) is 28.4 Å². The number of halogens is 3. The second kappa shape index (κ2) is 13.8. The van der Waals surface area contributed by atoms with Crippen molar-refractivity contribution in [3.05, 3.63) is 107 Å². The van der Waals surface area contributed by atoms with E-state index in [4.69, 9.17) is 15.7 Å². The lowest BCUT2D eigenvalue weighted by Crippen LogP contribution is -2.05. The fourth-order valence-corrected chi connectivity index (χ4v) is 5.01. The van der Waals surface area contributed by atoms with Crippen LogP contribution in [0.25, 0.3) is 34.1 Å². The molecule has 0 amide bonds. The zero-order valence-corrected chi connectivity index (χ0v) is 24.5. The number of hydrogen-bond acceptors (Lipinski definition) is 9. The van der Waals surface area contributed by atoms with Gasteiger partial charge in [0.1, 0.15) is 23.1 Å². The fourth-order valence-electron chi connectivity index (χ4n) is 5.01. The van der Waals surface area contributed by atoms with Gasteiger partial charge in [0, 0.05) is 42.0 Å². The van der Waals surface area contributed by atoms with Gasteiger partial charge in [-0.05, 0) is 73.8 Å². The summed E-state index contributed by atoms with van der Waals surface area (Å²) in [5.41, 5.74) is 16.0. The van der Waals surface area contributed by atoms with Crippen molar-refractivity contribution in [2.75, 3.05) is 12.8 Å². The van der Waals surface area contributed by atoms with Crippen LogP contribution in [0.15, 0.2) is 73.2 Å². The number of rotatable bonds is 5. The number of alkyl halides is 2. The number of nitrogen functional groups attached to an aromatic ring is 1. The summed E-state index contributed by atoms with van der Waals surface area (Å²) < 4.78 is 40.5. The molecular weight excluding hydrogens is 597 g/mol. The number of anilines is 1. The summed E-state index contributed by atoms with van der Waals surface area (Å²) in [5, 5.41) is 13.7. The molecule has 14 heteroatoms. The molecule has 0 radical (unpaired) electrons. The monoisotopic (exact) mass is 624 g/mol. The fraction of sp³-hybridized carbons (Fsp3) is 0.156. The van der Waals surface area contributed by atoms with Crippen molar-refractivity contribution in [3.63, 3.8) is 0 Å². The molecule has 1 aliphatic carbocycles. The Balaban J connectivity index is 0.000000272. The van der Waals surface area contributed by atoms with Crippen LogP contribution in [0.1, 0.15) is 45.6 Å². The number of aryl methyl sites for hydroxylation is 2. The van der Waals surface area contributed by atoms with E-state index in [1.807, 2.05) is 16.7 Å². The van der Waals surface area contributed by atoms with Crippen molar-refractivity contribution in [1.29, 1.82) is 5.26 Å². The van der Waals surface area contributed by atoms with E-state index in [0.717, 1.165) is 37.2 Å². The smallest absolute Gasteiger partial charge is 0.280 e. The molecule has 0 aliphatic heterocycles. The predicted molar refractivity (Wildman–Crippen MR) is 165 cm³/mol. The average molecular weight is 625 g/mol. The van der Waals surface area contributed by atoms with Gasteiger partial charge in [-0.15, -0.1) is 5.10 Å². The van der Waals surface area contributed by atoms with E-state index >= 15 is 0 Å². The molecule has 0 saturated carbocycles. The Labute approximate surface area is 261 Å². The van der Waals surface area contributed by atoms with Gasteiger partial charge in [0.2, 0.25) is 5.95 Å². The van der Waals surface area contributed by atoms with Gasteiger partial charge in [-0.1, -0.05) is 6.07 Å². The van der Waals surface area contributed by atoms with Crippen LogP contribution >= 0.6 is 0 Å². The van der Waals surface area contributed by atoms with Gasteiger partial charge < -0.3 is 11.5 Å². The molecule has 0 spiro atoms. The van der Waals surface area contributed by atoms with Gasteiger partial charge in [-0.2, -0.15) is 9.65 Å². The molecule has 46 heavy (non-hydrogen) atoms. The maximum absolute atomic E-state index is 13.6. The van der Waals surface area contributed by atoms with E-state index in [0.29, 0.717) is 51.6 Å². The first kappa shape index (κ1) is 31.5. The molecule has 5 aromatic heterocycles. The maximum atomic E-state index is 13.6. The molecule has 0 fully saturated rings. The van der Waals surface area contributed by atoms with Crippen LogP contribution in [-0.4, -0.2) is 47.6 Å². The third-order valence-corrected chi connectivity index (χ3v) is 7.10. The van der Waals surface area contributed by atoms with Crippen molar-refractivity contribution in [2.24, 2.45) is 5.73 Å². The van der Waals surface area contributed by atoms with Crippen molar-refractivity contribution in [3.8, 4) is 29.0 Å². The van der Waals surface area contributed by atoms with E-state index in [1.54, 1.807) is 18.3 Å². The number of benzene rings is 1. The number of nitriles is 1. The first-order chi connectivity index (χ1) is 22.4. The molecule has 1 aliphatic rings. The van der Waals surface area contributed by atoms with Crippen molar-refractivity contribution < 1.29 is 18.0 Å². The highest BCUT2D eigenvalue weighted by Crippen LogP contribution is 2.34. The Morgan fingerprint density at radius 1 is 1.02 bits per heavy atom. The predicted octanol–water partition coefficient (Wildman–Crippen LogP) is 5.16. The van der Waals surface area contributed by atoms with Gasteiger partial charge in [0.05, 0.1) is 11.1 Å². The van der Waals surface area contributed by atoms with Crippen LogP contribution in [0.2, 0.25) is 0 Å². The SMILES string of the molecule is CN.N#Cc1cc(-n2ccc(F)n2)nc2c1nc(-c1cccnc1N)n2-c1ccc2c(c1)CCC2.O=Cc1ccc(C(F)F)nc1. The number of imidazole rings is 1. The van der Waals surface area contributed by atoms with Crippen LogP contribution in [0.5, 0.6) is 0 Å². The zero-order chi connectivity index (χ0) is 32.8. The van der Waals surface area contributed by atoms with Crippen LogP contribution < -0.4 is 11.5 Å². The summed E-state index contributed by atoms with van der Waals surface area (Å²) >= 11 is 0. The average Bonchev–Trinajstić information content (AvgIpc) is 3.83. The molecule has 4 N–H and O–H groups in total. The number of nitrogens with zero attached hydrogens (tertiary/aromatic N) is 8. The number of hydrogen-bond donors (Lipinski definition) is 2. The van der Waals surface area contributed by atoms with Gasteiger partial charge in [-0.3, -0.25) is 14.3 Å². The minimum Gasteiger partial charge on any atom is -0.383 e. The van der Waals surface area contributed by atoms with Crippen molar-refractivity contribution in [2.45, 2.75) is 25.7 Å². The summed E-state index contributed by atoms with van der Waals surface area (Å²) in [7, 11) is 1.50. The Kier molecular flexibility index (Phi) is 9.44. The normalized spacial score (nSPS) is 11.7. The molecule has 1 aromatic carbocycles.